The van der Waals surface area contributed by atoms with E-state index in [0.717, 1.165) is 0 Å². The van der Waals surface area contributed by atoms with Gasteiger partial charge in [-0.15, -0.1) is 0 Å². The lowest BCUT2D eigenvalue weighted by Crippen LogP contribution is -1.99. The molecule has 0 saturated carbocycles. The first-order valence-electron chi connectivity index (χ1n) is 2.81. The molecule has 0 radical (unpaired) electrons. The SMILES string of the molecule is NCCCCP(=O)(O)O. The second-order valence-electron chi connectivity index (χ2n) is 1.88. The Balaban J connectivity index is 3.18. The van der Waals surface area contributed by atoms with Crippen molar-refractivity contribution in [3.05, 3.63) is 0 Å². The first-order valence-corrected chi connectivity index (χ1v) is 4.60. The second kappa shape index (κ2) is 4.01. The molecule has 0 unspecified atom stereocenters. The van der Waals surface area contributed by atoms with Crippen molar-refractivity contribution in [1.82, 2.24) is 0 Å². The molecule has 0 aliphatic rings. The molecule has 0 spiro atoms. The lowest BCUT2D eigenvalue weighted by Gasteiger charge is -2.00. The lowest BCUT2D eigenvalue weighted by atomic mass is 10.3. The van der Waals surface area contributed by atoms with Crippen LogP contribution in [0.2, 0.25) is 0 Å². The standard InChI is InChI=1S/C4H12NO3P/c5-3-1-2-4-9(6,7)8/h1-5H2,(H2,6,7,8). The van der Waals surface area contributed by atoms with Gasteiger partial charge in [0.05, 0.1) is 0 Å². The molecule has 0 saturated heterocycles. The van der Waals surface area contributed by atoms with Crippen LogP contribution in [0.5, 0.6) is 0 Å². The molecule has 4 N–H and O–H groups in total. The molecule has 4 nitrogen and oxygen atoms in total. The van der Waals surface area contributed by atoms with Crippen molar-refractivity contribution in [3.63, 3.8) is 0 Å². The Kier molecular flexibility index (Phi) is 4.06. The van der Waals surface area contributed by atoms with E-state index in [1.165, 1.54) is 0 Å². The normalized spacial score (nSPS) is 11.9. The minimum atomic E-state index is -3.75. The molecule has 0 fully saturated rings. The molecule has 0 heterocycles. The second-order valence-corrected chi connectivity index (χ2v) is 3.66. The van der Waals surface area contributed by atoms with Gasteiger partial charge >= 0.3 is 7.60 Å². The van der Waals surface area contributed by atoms with Crippen molar-refractivity contribution in [2.75, 3.05) is 12.7 Å². The van der Waals surface area contributed by atoms with Crippen molar-refractivity contribution in [2.24, 2.45) is 5.73 Å². The molecule has 9 heavy (non-hydrogen) atoms. The van der Waals surface area contributed by atoms with Crippen LogP contribution in [0.4, 0.5) is 0 Å². The molecular formula is C4H12NO3P. The van der Waals surface area contributed by atoms with Crippen LogP contribution < -0.4 is 5.73 Å². The third kappa shape index (κ3) is 8.11. The average molecular weight is 153 g/mol. The Bertz CT molecular complexity index is 110. The van der Waals surface area contributed by atoms with E-state index in [1.54, 1.807) is 0 Å². The zero-order chi connectivity index (χ0) is 7.33. The highest BCUT2D eigenvalue weighted by atomic mass is 31.2. The van der Waals surface area contributed by atoms with Gasteiger partial charge in [-0.25, -0.2) is 0 Å². The summed E-state index contributed by atoms with van der Waals surface area (Å²) in [5.41, 5.74) is 5.10. The maximum Gasteiger partial charge on any atom is 0.325 e. The summed E-state index contributed by atoms with van der Waals surface area (Å²) in [6.45, 7) is 0.500. The fourth-order valence-corrected chi connectivity index (χ4v) is 1.10. The van der Waals surface area contributed by atoms with E-state index in [1.807, 2.05) is 0 Å². The van der Waals surface area contributed by atoms with Gasteiger partial charge in [0.1, 0.15) is 0 Å². The van der Waals surface area contributed by atoms with Gasteiger partial charge in [-0.3, -0.25) is 4.57 Å². The van der Waals surface area contributed by atoms with Gasteiger partial charge in [-0.05, 0) is 19.4 Å². The van der Waals surface area contributed by atoms with E-state index in [4.69, 9.17) is 15.5 Å². The largest absolute Gasteiger partial charge is 0.330 e. The smallest absolute Gasteiger partial charge is 0.325 e. The summed E-state index contributed by atoms with van der Waals surface area (Å²) >= 11 is 0. The van der Waals surface area contributed by atoms with Crippen molar-refractivity contribution in [1.29, 1.82) is 0 Å². The highest BCUT2D eigenvalue weighted by Gasteiger charge is 2.10. The van der Waals surface area contributed by atoms with E-state index in [9.17, 15) is 4.57 Å². The lowest BCUT2D eigenvalue weighted by molar-refractivity contribution is 0.371. The first kappa shape index (κ1) is 9.11. The van der Waals surface area contributed by atoms with E-state index in [-0.39, 0.29) is 6.16 Å². The number of hydrogen-bond acceptors (Lipinski definition) is 2. The summed E-state index contributed by atoms with van der Waals surface area (Å²) in [5.74, 6) is 0. The molecule has 0 aliphatic carbocycles. The molecule has 0 amide bonds. The van der Waals surface area contributed by atoms with Crippen molar-refractivity contribution in [3.8, 4) is 0 Å². The summed E-state index contributed by atoms with van der Waals surface area (Å²) in [4.78, 5) is 16.6. The van der Waals surface area contributed by atoms with Crippen LogP contribution in [0.25, 0.3) is 0 Å². The molecule has 56 valence electrons. The molecule has 5 heteroatoms. The Hall–Kier alpha value is 0.110. The van der Waals surface area contributed by atoms with E-state index in [0.29, 0.717) is 19.4 Å². The Labute approximate surface area is 54.2 Å². The molecular weight excluding hydrogens is 141 g/mol. The first-order chi connectivity index (χ1) is 4.06. The van der Waals surface area contributed by atoms with Crippen molar-refractivity contribution in [2.45, 2.75) is 12.8 Å². The third-order valence-electron chi connectivity index (χ3n) is 0.904. The number of unbranched alkanes of at least 4 members (excludes halogenated alkanes) is 1. The van der Waals surface area contributed by atoms with Crippen molar-refractivity contribution >= 4 is 7.60 Å². The topological polar surface area (TPSA) is 83.6 Å². The number of rotatable bonds is 4. The highest BCUT2D eigenvalue weighted by Crippen LogP contribution is 2.34. The van der Waals surface area contributed by atoms with Crippen LogP contribution in [0.15, 0.2) is 0 Å². The Morgan fingerprint density at radius 1 is 1.33 bits per heavy atom. The molecule has 0 aliphatic heterocycles. The quantitative estimate of drug-likeness (QED) is 0.389. The molecule has 0 aromatic carbocycles. The Morgan fingerprint density at radius 3 is 2.22 bits per heavy atom. The van der Waals surface area contributed by atoms with Gasteiger partial charge in [-0.2, -0.15) is 0 Å². The van der Waals surface area contributed by atoms with Crippen molar-refractivity contribution < 1.29 is 14.4 Å². The summed E-state index contributed by atoms with van der Waals surface area (Å²) in [6.07, 6.45) is 1.16. The number of nitrogens with two attached hydrogens (primary N) is 1. The maximum atomic E-state index is 10.2. The van der Waals surface area contributed by atoms with Gasteiger partial charge in [0.2, 0.25) is 0 Å². The molecule has 0 atom stereocenters. The minimum Gasteiger partial charge on any atom is -0.330 e. The van der Waals surface area contributed by atoms with Crippen LogP contribution in [0.3, 0.4) is 0 Å². The van der Waals surface area contributed by atoms with E-state index in [2.05, 4.69) is 0 Å². The van der Waals surface area contributed by atoms with E-state index < -0.39 is 7.60 Å². The van der Waals surface area contributed by atoms with Gasteiger partial charge in [0, 0.05) is 6.16 Å². The fraction of sp³-hybridized carbons (Fsp3) is 1.00. The van der Waals surface area contributed by atoms with Gasteiger partial charge < -0.3 is 15.5 Å². The predicted octanol–water partition coefficient (Wildman–Crippen LogP) is -0.0970. The summed E-state index contributed by atoms with van der Waals surface area (Å²) < 4.78 is 10.2. The summed E-state index contributed by atoms with van der Waals surface area (Å²) in [6, 6.07) is 0. The van der Waals surface area contributed by atoms with Gasteiger partial charge in [0.25, 0.3) is 0 Å². The molecule has 0 aromatic rings. The predicted molar refractivity (Wildman–Crippen MR) is 35.2 cm³/mol. The third-order valence-corrected chi connectivity index (χ3v) is 1.80. The zero-order valence-electron chi connectivity index (χ0n) is 5.16. The Morgan fingerprint density at radius 2 is 1.89 bits per heavy atom. The maximum absolute atomic E-state index is 10.2. The fourth-order valence-electron chi connectivity index (χ4n) is 0.462. The molecule has 0 bridgehead atoms. The van der Waals surface area contributed by atoms with Crippen LogP contribution in [-0.2, 0) is 4.57 Å². The minimum absolute atomic E-state index is 0.0375. The van der Waals surface area contributed by atoms with Gasteiger partial charge in [0.15, 0.2) is 0 Å². The highest BCUT2D eigenvalue weighted by molar-refractivity contribution is 7.51. The van der Waals surface area contributed by atoms with Crippen LogP contribution in [-0.4, -0.2) is 22.5 Å². The zero-order valence-corrected chi connectivity index (χ0v) is 6.05. The number of hydrogen-bond donors (Lipinski definition) is 3. The monoisotopic (exact) mass is 153 g/mol. The van der Waals surface area contributed by atoms with E-state index >= 15 is 0 Å². The van der Waals surface area contributed by atoms with Crippen LogP contribution in [0.1, 0.15) is 12.8 Å². The molecule has 0 rings (SSSR count). The van der Waals surface area contributed by atoms with Gasteiger partial charge in [-0.1, -0.05) is 0 Å². The molecule has 0 aromatic heterocycles. The van der Waals surface area contributed by atoms with Crippen LogP contribution in [0, 0.1) is 0 Å². The summed E-state index contributed by atoms with van der Waals surface area (Å²) in [7, 11) is -3.75. The van der Waals surface area contributed by atoms with Crippen LogP contribution >= 0.6 is 7.60 Å². The average Bonchev–Trinajstić information content (AvgIpc) is 1.63. The summed E-state index contributed by atoms with van der Waals surface area (Å²) in [5, 5.41) is 0.